The van der Waals surface area contributed by atoms with Gasteiger partial charge in [0.05, 0.1) is 30.6 Å². The van der Waals surface area contributed by atoms with Crippen LogP contribution in [0, 0.1) is 13.8 Å². The second kappa shape index (κ2) is 15.5. The highest BCUT2D eigenvalue weighted by Gasteiger charge is 2.46. The topological polar surface area (TPSA) is 144 Å². The molecule has 0 aromatic heterocycles. The van der Waals surface area contributed by atoms with E-state index in [-0.39, 0.29) is 31.0 Å². The quantitative estimate of drug-likeness (QED) is 0.138. The van der Waals surface area contributed by atoms with Gasteiger partial charge in [-0.05, 0) is 99.4 Å². The maximum Gasteiger partial charge on any atom is 0.265 e. The summed E-state index contributed by atoms with van der Waals surface area (Å²) < 4.78 is 73.1. The van der Waals surface area contributed by atoms with Crippen LogP contribution < -0.4 is 9.64 Å². The van der Waals surface area contributed by atoms with Gasteiger partial charge >= 0.3 is 0 Å². The highest BCUT2D eigenvalue weighted by molar-refractivity contribution is 7.86. The number of rotatable bonds is 13. The van der Waals surface area contributed by atoms with Gasteiger partial charge in [-0.2, -0.15) is 21.4 Å². The van der Waals surface area contributed by atoms with Crippen LogP contribution in [0.1, 0.15) is 87.6 Å². The molecule has 2 heterocycles. The van der Waals surface area contributed by atoms with E-state index >= 15 is 0 Å². The summed E-state index contributed by atoms with van der Waals surface area (Å²) in [4.78, 5) is 2.12. The molecule has 0 radical (unpaired) electrons. The minimum absolute atomic E-state index is 0.0920. The Morgan fingerprint density at radius 3 is 2.21 bits per heavy atom. The van der Waals surface area contributed by atoms with E-state index in [0.717, 1.165) is 86.8 Å². The zero-order valence-corrected chi connectivity index (χ0v) is 34.1. The molecule has 0 fully saturated rings. The molecule has 2 aliphatic heterocycles. The van der Waals surface area contributed by atoms with Gasteiger partial charge in [-0.25, -0.2) is 0 Å². The third kappa shape index (κ3) is 8.68. The molecule has 288 valence electrons. The van der Waals surface area contributed by atoms with Crippen molar-refractivity contribution in [3.63, 3.8) is 0 Å². The number of allylic oxidation sites excluding steroid dienone is 8. The second-order valence-electron chi connectivity index (χ2n) is 15.3. The normalized spacial score (nSPS) is 19.9. The van der Waals surface area contributed by atoms with Crippen molar-refractivity contribution < 1.29 is 40.4 Å². The number of anilines is 1. The van der Waals surface area contributed by atoms with Crippen LogP contribution in [0.5, 0.6) is 5.75 Å². The smallest absolute Gasteiger partial charge is 0.265 e. The average Bonchev–Trinajstić information content (AvgIpc) is 3.41. The van der Waals surface area contributed by atoms with E-state index in [2.05, 4.69) is 61.5 Å². The molecule has 5 rings (SSSR count). The third-order valence-corrected chi connectivity index (χ3v) is 12.8. The SMILES string of the molecule is COc1cc(C)c2c(c1)C(C)(C)C(/C=C/C1=C(Cl)C(=C/C=C3\N(CCCS(=O)(=O)O)c4c(C)cc(CO)cc4C3(C)C)/CCC1)=[N+]2CCCS(=O)(=O)O. The lowest BCUT2D eigenvalue weighted by atomic mass is 9.80. The Bertz CT molecular complexity index is 2180. The van der Waals surface area contributed by atoms with Gasteiger partial charge in [-0.15, -0.1) is 0 Å². The van der Waals surface area contributed by atoms with Crippen LogP contribution in [-0.2, 0) is 37.7 Å². The van der Waals surface area contributed by atoms with E-state index in [0.29, 0.717) is 18.1 Å². The largest absolute Gasteiger partial charge is 0.497 e. The van der Waals surface area contributed by atoms with Gasteiger partial charge in [0.1, 0.15) is 12.3 Å². The van der Waals surface area contributed by atoms with Crippen molar-refractivity contribution in [2.45, 2.75) is 91.1 Å². The van der Waals surface area contributed by atoms with Crippen LogP contribution in [0.2, 0.25) is 0 Å². The molecular formula is C40H52ClN2O8S2+. The summed E-state index contributed by atoms with van der Waals surface area (Å²) in [6.45, 7) is 13.2. The van der Waals surface area contributed by atoms with Crippen molar-refractivity contribution >= 4 is 48.9 Å². The molecule has 0 saturated carbocycles. The van der Waals surface area contributed by atoms with Crippen molar-refractivity contribution in [3.05, 3.63) is 98.3 Å². The molecule has 3 N–H and O–H groups in total. The zero-order chi connectivity index (χ0) is 39.1. The Balaban J connectivity index is 1.54. The van der Waals surface area contributed by atoms with Gasteiger partial charge in [0, 0.05) is 52.0 Å². The molecule has 0 bridgehead atoms. The van der Waals surface area contributed by atoms with Crippen LogP contribution in [0.4, 0.5) is 11.4 Å². The van der Waals surface area contributed by atoms with E-state index in [1.165, 1.54) is 0 Å². The number of nitrogens with zero attached hydrogens (tertiary/aromatic N) is 2. The van der Waals surface area contributed by atoms with Crippen LogP contribution in [-0.4, -0.2) is 73.0 Å². The Hall–Kier alpha value is -3.26. The first-order chi connectivity index (χ1) is 24.7. The number of hydrogen-bond donors (Lipinski definition) is 3. The van der Waals surface area contributed by atoms with E-state index in [9.17, 15) is 31.0 Å². The second-order valence-corrected chi connectivity index (χ2v) is 18.8. The number of aliphatic hydroxyl groups is 1. The van der Waals surface area contributed by atoms with E-state index in [4.69, 9.17) is 16.3 Å². The van der Waals surface area contributed by atoms with Crippen molar-refractivity contribution in [1.29, 1.82) is 0 Å². The van der Waals surface area contributed by atoms with E-state index < -0.39 is 31.1 Å². The number of ether oxygens (including phenoxy) is 1. The fourth-order valence-corrected chi connectivity index (χ4v) is 9.41. The summed E-state index contributed by atoms with van der Waals surface area (Å²) in [6, 6.07) is 7.95. The highest BCUT2D eigenvalue weighted by Crippen LogP contribution is 2.50. The fraction of sp³-hybridized carbons (Fsp3) is 0.475. The van der Waals surface area contributed by atoms with E-state index in [1.54, 1.807) is 7.11 Å². The van der Waals surface area contributed by atoms with Crippen molar-refractivity contribution in [2.75, 3.05) is 36.6 Å². The number of aryl methyl sites for hydroxylation is 2. The molecular weight excluding hydrogens is 736 g/mol. The molecule has 0 spiro atoms. The number of halogens is 1. The first-order valence-electron chi connectivity index (χ1n) is 17.9. The van der Waals surface area contributed by atoms with Crippen LogP contribution in [0.15, 0.2) is 70.4 Å². The molecule has 13 heteroatoms. The summed E-state index contributed by atoms with van der Waals surface area (Å²) in [5, 5.41) is 10.6. The number of methoxy groups -OCH3 is 1. The summed E-state index contributed by atoms with van der Waals surface area (Å²) in [5.41, 5.74) is 9.88. The number of aliphatic hydroxyl groups excluding tert-OH is 1. The monoisotopic (exact) mass is 787 g/mol. The van der Waals surface area contributed by atoms with Crippen LogP contribution in [0.3, 0.4) is 0 Å². The molecule has 10 nitrogen and oxygen atoms in total. The lowest BCUT2D eigenvalue weighted by Gasteiger charge is -2.27. The molecule has 0 atom stereocenters. The molecule has 2 aromatic carbocycles. The highest BCUT2D eigenvalue weighted by atomic mass is 35.5. The Morgan fingerprint density at radius 2 is 1.57 bits per heavy atom. The van der Waals surface area contributed by atoms with Crippen molar-refractivity contribution in [1.82, 2.24) is 0 Å². The van der Waals surface area contributed by atoms with Gasteiger partial charge in [-0.1, -0.05) is 49.7 Å². The van der Waals surface area contributed by atoms with Crippen molar-refractivity contribution in [2.24, 2.45) is 0 Å². The summed E-state index contributed by atoms with van der Waals surface area (Å²) in [5.74, 6) is 0.0556. The summed E-state index contributed by atoms with van der Waals surface area (Å²) >= 11 is 7.17. The molecule has 0 unspecified atom stereocenters. The molecule has 2 aromatic rings. The van der Waals surface area contributed by atoms with Gasteiger partial charge in [0.15, 0.2) is 5.71 Å². The molecule has 3 aliphatic rings. The first kappa shape index (κ1) is 40.9. The zero-order valence-electron chi connectivity index (χ0n) is 31.7. The molecule has 1 aliphatic carbocycles. The van der Waals surface area contributed by atoms with Gasteiger partial charge in [0.2, 0.25) is 5.69 Å². The number of hydrogen-bond acceptors (Lipinski definition) is 7. The maximum atomic E-state index is 11.6. The third-order valence-electron chi connectivity index (χ3n) is 10.7. The van der Waals surface area contributed by atoms with Gasteiger partial charge in [0.25, 0.3) is 20.2 Å². The standard InChI is InChI=1S/C40H51ClN2O8S2/c1-26-21-28(25-44)23-32-37(26)42(17-9-19-52(45,46)47)34(39(32,3)4)15-13-29-11-8-12-30(36(29)41)14-16-35-40(5,6)33-24-31(51-7)22-27(2)38(33)43(35)18-10-20-53(48,49)50/h13-16,21-24,44H,8-12,17-20,25H2,1-7H3,(H-,45,46,47,48,49,50)/p+1. The van der Waals surface area contributed by atoms with E-state index in [1.807, 2.05) is 38.1 Å². The first-order valence-corrected chi connectivity index (χ1v) is 21.5. The van der Waals surface area contributed by atoms with Crippen molar-refractivity contribution in [3.8, 4) is 5.75 Å². The van der Waals surface area contributed by atoms with Gasteiger partial charge < -0.3 is 14.7 Å². The van der Waals surface area contributed by atoms with Gasteiger partial charge in [-0.3, -0.25) is 9.11 Å². The lowest BCUT2D eigenvalue weighted by Crippen LogP contribution is -2.28. The summed E-state index contributed by atoms with van der Waals surface area (Å²) in [6.07, 6.45) is 11.2. The number of benzene rings is 2. The Kier molecular flexibility index (Phi) is 11.9. The predicted octanol–water partition coefficient (Wildman–Crippen LogP) is 7.58. The van der Waals surface area contributed by atoms with Crippen LogP contribution in [0.25, 0.3) is 0 Å². The Labute approximate surface area is 319 Å². The molecule has 0 amide bonds. The lowest BCUT2D eigenvalue weighted by molar-refractivity contribution is -0.437. The molecule has 0 saturated heterocycles. The average molecular weight is 788 g/mol. The van der Waals surface area contributed by atoms with Crippen LogP contribution >= 0.6 is 11.6 Å². The predicted molar refractivity (Wildman–Crippen MR) is 212 cm³/mol. The minimum Gasteiger partial charge on any atom is -0.497 e. The number of fused-ring (bicyclic) bond motifs is 2. The minimum atomic E-state index is -4.12. The maximum absolute atomic E-state index is 11.6. The Morgan fingerprint density at radius 1 is 0.887 bits per heavy atom. The summed E-state index contributed by atoms with van der Waals surface area (Å²) in [7, 11) is -6.60. The molecule has 53 heavy (non-hydrogen) atoms. The fourth-order valence-electron chi connectivity index (χ4n) is 8.11.